The Hall–Kier alpha value is -0.0800. The highest BCUT2D eigenvalue weighted by Crippen LogP contribution is 2.69. The Morgan fingerprint density at radius 1 is 1.42 bits per heavy atom. The van der Waals surface area contributed by atoms with Crippen molar-refractivity contribution < 1.29 is 10.1 Å². The van der Waals surface area contributed by atoms with Crippen LogP contribution in [0.4, 0.5) is 0 Å². The molecule has 2 rings (SSSR count). The number of fused-ring (bicyclic) bond motifs is 1. The maximum Gasteiger partial charge on any atom is 0.0961 e. The van der Waals surface area contributed by atoms with Gasteiger partial charge in [-0.15, -0.1) is 0 Å². The van der Waals surface area contributed by atoms with Gasteiger partial charge in [-0.25, -0.2) is 4.89 Å². The second-order valence-corrected chi connectivity index (χ2v) is 4.91. The molecule has 0 aromatic rings. The Balaban J connectivity index is 2.09. The second-order valence-electron chi connectivity index (χ2n) is 4.91. The first-order chi connectivity index (χ1) is 5.62. The molecule has 4 atom stereocenters. The fourth-order valence-electron chi connectivity index (χ4n) is 3.15. The topological polar surface area (TPSA) is 29.5 Å². The molecule has 0 saturated heterocycles. The first-order valence-electron chi connectivity index (χ1n) is 4.92. The maximum atomic E-state index is 8.67. The Morgan fingerprint density at radius 3 is 2.42 bits per heavy atom. The van der Waals surface area contributed by atoms with Crippen LogP contribution in [0.5, 0.6) is 0 Å². The fourth-order valence-corrected chi connectivity index (χ4v) is 3.15. The first-order valence-corrected chi connectivity index (χ1v) is 4.92. The molecule has 2 aliphatic rings. The van der Waals surface area contributed by atoms with E-state index in [0.29, 0.717) is 11.3 Å². The van der Waals surface area contributed by atoms with Crippen LogP contribution in [0.3, 0.4) is 0 Å². The smallest absolute Gasteiger partial charge is 0.0961 e. The molecule has 0 radical (unpaired) electrons. The third kappa shape index (κ3) is 0.882. The van der Waals surface area contributed by atoms with E-state index in [1.807, 2.05) is 0 Å². The lowest BCUT2D eigenvalue weighted by atomic mass is 9.89. The summed E-state index contributed by atoms with van der Waals surface area (Å²) in [5.41, 5.74) is 0.521. The molecule has 2 heteroatoms. The molecule has 2 nitrogen and oxygen atoms in total. The highest BCUT2D eigenvalue weighted by atomic mass is 17.1. The Kier molecular flexibility index (Phi) is 1.74. The van der Waals surface area contributed by atoms with E-state index in [4.69, 9.17) is 5.26 Å². The van der Waals surface area contributed by atoms with Crippen molar-refractivity contribution in [2.24, 2.45) is 23.2 Å². The Labute approximate surface area is 73.8 Å². The summed E-state index contributed by atoms with van der Waals surface area (Å²) in [7, 11) is 0. The van der Waals surface area contributed by atoms with Gasteiger partial charge in [0.15, 0.2) is 0 Å². The standard InChI is InChI=1S/C10H18O2/c1-6(2)10-4-8(10)7(3)9(5-10)12-11/h6-9,11H,4-5H2,1-3H3. The van der Waals surface area contributed by atoms with Gasteiger partial charge >= 0.3 is 0 Å². The molecule has 0 amide bonds. The number of rotatable bonds is 2. The van der Waals surface area contributed by atoms with Crippen LogP contribution in [0.15, 0.2) is 0 Å². The van der Waals surface area contributed by atoms with Crippen molar-refractivity contribution in [1.29, 1.82) is 0 Å². The average molecular weight is 170 g/mol. The van der Waals surface area contributed by atoms with Crippen molar-refractivity contribution in [2.45, 2.75) is 39.7 Å². The van der Waals surface area contributed by atoms with E-state index in [1.54, 1.807) is 0 Å². The van der Waals surface area contributed by atoms with Crippen LogP contribution < -0.4 is 0 Å². The molecule has 0 bridgehead atoms. The number of hydrogen-bond donors (Lipinski definition) is 1. The summed E-state index contributed by atoms with van der Waals surface area (Å²) in [6, 6.07) is 0. The first kappa shape index (κ1) is 8.52. The third-order valence-corrected chi connectivity index (χ3v) is 4.27. The van der Waals surface area contributed by atoms with Gasteiger partial charge in [-0.2, -0.15) is 0 Å². The lowest BCUT2D eigenvalue weighted by molar-refractivity contribution is -0.288. The normalized spacial score (nSPS) is 51.2. The van der Waals surface area contributed by atoms with Crippen molar-refractivity contribution in [1.82, 2.24) is 0 Å². The molecule has 0 aliphatic heterocycles. The molecule has 1 N–H and O–H groups in total. The molecule has 4 unspecified atom stereocenters. The average Bonchev–Trinajstić information content (AvgIpc) is 2.69. The van der Waals surface area contributed by atoms with Gasteiger partial charge in [0.25, 0.3) is 0 Å². The van der Waals surface area contributed by atoms with Gasteiger partial charge in [0.2, 0.25) is 0 Å². The second kappa shape index (κ2) is 2.46. The lowest BCUT2D eigenvalue weighted by Crippen LogP contribution is -2.18. The predicted molar refractivity (Wildman–Crippen MR) is 46.7 cm³/mol. The van der Waals surface area contributed by atoms with E-state index < -0.39 is 0 Å². The third-order valence-electron chi connectivity index (χ3n) is 4.27. The van der Waals surface area contributed by atoms with Crippen molar-refractivity contribution in [2.75, 3.05) is 0 Å². The Morgan fingerprint density at radius 2 is 2.08 bits per heavy atom. The van der Waals surface area contributed by atoms with E-state index in [0.717, 1.165) is 18.3 Å². The van der Waals surface area contributed by atoms with Gasteiger partial charge in [0.1, 0.15) is 0 Å². The fraction of sp³-hybridized carbons (Fsp3) is 1.00. The van der Waals surface area contributed by atoms with E-state index in [-0.39, 0.29) is 6.10 Å². The summed E-state index contributed by atoms with van der Waals surface area (Å²) >= 11 is 0. The Bertz CT molecular complexity index is 190. The minimum absolute atomic E-state index is 0.103. The highest BCUT2D eigenvalue weighted by molar-refractivity contribution is 5.13. The lowest BCUT2D eigenvalue weighted by Gasteiger charge is -2.18. The van der Waals surface area contributed by atoms with E-state index in [1.165, 1.54) is 6.42 Å². The zero-order chi connectivity index (χ0) is 8.93. The molecule has 12 heavy (non-hydrogen) atoms. The molecule has 2 fully saturated rings. The van der Waals surface area contributed by atoms with Crippen molar-refractivity contribution in [3.63, 3.8) is 0 Å². The zero-order valence-electron chi connectivity index (χ0n) is 8.08. The summed E-state index contributed by atoms with van der Waals surface area (Å²) in [6.07, 6.45) is 2.52. The van der Waals surface area contributed by atoms with Crippen molar-refractivity contribution >= 4 is 0 Å². The van der Waals surface area contributed by atoms with Crippen LogP contribution in [-0.2, 0) is 4.89 Å². The summed E-state index contributed by atoms with van der Waals surface area (Å²) in [5, 5.41) is 8.67. The molecule has 0 aromatic carbocycles. The van der Waals surface area contributed by atoms with Gasteiger partial charge in [0, 0.05) is 0 Å². The van der Waals surface area contributed by atoms with Gasteiger partial charge in [-0.3, -0.25) is 5.26 Å². The van der Waals surface area contributed by atoms with Crippen LogP contribution in [0.25, 0.3) is 0 Å². The van der Waals surface area contributed by atoms with Gasteiger partial charge < -0.3 is 0 Å². The highest BCUT2D eigenvalue weighted by Gasteiger charge is 2.65. The monoisotopic (exact) mass is 170 g/mol. The summed E-state index contributed by atoms with van der Waals surface area (Å²) in [4.78, 5) is 4.50. The van der Waals surface area contributed by atoms with Gasteiger partial charge in [0.05, 0.1) is 6.10 Å². The molecule has 0 heterocycles. The molecule has 70 valence electrons. The summed E-state index contributed by atoms with van der Waals surface area (Å²) < 4.78 is 0. The molecular formula is C10H18O2. The van der Waals surface area contributed by atoms with E-state index in [2.05, 4.69) is 25.7 Å². The van der Waals surface area contributed by atoms with E-state index in [9.17, 15) is 0 Å². The SMILES string of the molecule is CC1C(OO)CC2(C(C)C)CC12. The van der Waals surface area contributed by atoms with Crippen LogP contribution in [0, 0.1) is 23.2 Å². The maximum absolute atomic E-state index is 8.67. The minimum atomic E-state index is 0.103. The predicted octanol–water partition coefficient (Wildman–Crippen LogP) is 2.55. The van der Waals surface area contributed by atoms with Gasteiger partial charge in [-0.05, 0) is 36.0 Å². The number of hydrogen-bond acceptors (Lipinski definition) is 2. The summed E-state index contributed by atoms with van der Waals surface area (Å²) in [5.74, 6) is 2.11. The van der Waals surface area contributed by atoms with Crippen molar-refractivity contribution in [3.05, 3.63) is 0 Å². The molecule has 2 saturated carbocycles. The minimum Gasteiger partial charge on any atom is -0.252 e. The van der Waals surface area contributed by atoms with Crippen LogP contribution in [0.1, 0.15) is 33.6 Å². The van der Waals surface area contributed by atoms with Crippen molar-refractivity contribution in [3.8, 4) is 0 Å². The quantitative estimate of drug-likeness (QED) is 0.509. The van der Waals surface area contributed by atoms with Crippen LogP contribution in [-0.4, -0.2) is 11.4 Å². The van der Waals surface area contributed by atoms with E-state index >= 15 is 0 Å². The summed E-state index contributed by atoms with van der Waals surface area (Å²) in [6.45, 7) is 6.77. The molecule has 0 spiro atoms. The molecule has 2 aliphatic carbocycles. The van der Waals surface area contributed by atoms with Crippen LogP contribution in [0.2, 0.25) is 0 Å². The zero-order valence-corrected chi connectivity index (χ0v) is 8.08. The van der Waals surface area contributed by atoms with Crippen LogP contribution >= 0.6 is 0 Å². The molecule has 0 aromatic heterocycles. The van der Waals surface area contributed by atoms with Gasteiger partial charge in [-0.1, -0.05) is 20.8 Å². The molecular weight excluding hydrogens is 152 g/mol. The largest absolute Gasteiger partial charge is 0.252 e.